The molecule has 1 N–H and O–H groups in total. The van der Waals surface area contributed by atoms with Crippen LogP contribution >= 0.6 is 24.0 Å². The second-order valence-corrected chi connectivity index (χ2v) is 5.22. The first-order chi connectivity index (χ1) is 9.29. The molecule has 2 rings (SSSR count). The number of hydrogen-bond acceptors (Lipinski definition) is 2. The summed E-state index contributed by atoms with van der Waals surface area (Å²) >= 11 is 0. The van der Waals surface area contributed by atoms with Crippen LogP contribution in [0.4, 0.5) is 0 Å². The van der Waals surface area contributed by atoms with Crippen LogP contribution < -0.4 is 5.32 Å². The standard InChI is InChI=1S/C14H25N5.HI/c1-3-15-14(18-8-4-5-9-18)16-11-13(2)12-19-10-6-7-17-19;/h6-7,10,13H,3-5,8-9,11-12H2,1-2H3,(H,15,16);1H. The normalized spacial score (nSPS) is 16.9. The first-order valence-corrected chi connectivity index (χ1v) is 7.30. The van der Waals surface area contributed by atoms with E-state index in [1.54, 1.807) is 0 Å². The molecule has 0 bridgehead atoms. The van der Waals surface area contributed by atoms with Gasteiger partial charge < -0.3 is 10.2 Å². The lowest BCUT2D eigenvalue weighted by Crippen LogP contribution is -2.39. The third kappa shape index (κ3) is 5.30. The maximum atomic E-state index is 4.77. The number of nitrogens with one attached hydrogen (secondary N) is 1. The molecule has 0 saturated carbocycles. The fourth-order valence-electron chi connectivity index (χ4n) is 2.38. The average molecular weight is 391 g/mol. The lowest BCUT2D eigenvalue weighted by Gasteiger charge is -2.21. The number of likely N-dealkylation sites (tertiary alicyclic amines) is 1. The van der Waals surface area contributed by atoms with Gasteiger partial charge in [0, 0.05) is 45.1 Å². The highest BCUT2D eigenvalue weighted by atomic mass is 127. The summed E-state index contributed by atoms with van der Waals surface area (Å²) in [6.07, 6.45) is 6.40. The number of aromatic nitrogens is 2. The van der Waals surface area contributed by atoms with Crippen molar-refractivity contribution in [2.45, 2.75) is 33.2 Å². The SMILES string of the molecule is CCNC(=NCC(C)Cn1cccn1)N1CCCC1.I. The summed E-state index contributed by atoms with van der Waals surface area (Å²) in [5.41, 5.74) is 0. The molecule has 1 unspecified atom stereocenters. The molecular weight excluding hydrogens is 365 g/mol. The quantitative estimate of drug-likeness (QED) is 0.476. The number of halogens is 1. The van der Waals surface area contributed by atoms with Crippen molar-refractivity contribution in [1.82, 2.24) is 20.0 Å². The fraction of sp³-hybridized carbons (Fsp3) is 0.714. The largest absolute Gasteiger partial charge is 0.357 e. The lowest BCUT2D eigenvalue weighted by atomic mass is 10.2. The Balaban J connectivity index is 0.00000200. The van der Waals surface area contributed by atoms with Gasteiger partial charge in [-0.15, -0.1) is 24.0 Å². The van der Waals surface area contributed by atoms with Gasteiger partial charge in [-0.1, -0.05) is 6.92 Å². The van der Waals surface area contributed by atoms with Gasteiger partial charge in [-0.25, -0.2) is 0 Å². The zero-order valence-corrected chi connectivity index (χ0v) is 14.8. The van der Waals surface area contributed by atoms with Crippen LogP contribution in [0.5, 0.6) is 0 Å². The second kappa shape index (κ2) is 9.20. The topological polar surface area (TPSA) is 45.5 Å². The number of nitrogens with zero attached hydrogens (tertiary/aromatic N) is 4. The third-order valence-electron chi connectivity index (χ3n) is 3.35. The van der Waals surface area contributed by atoms with Gasteiger partial charge in [0.05, 0.1) is 0 Å². The van der Waals surface area contributed by atoms with Crippen LogP contribution in [0.25, 0.3) is 0 Å². The van der Waals surface area contributed by atoms with Gasteiger partial charge in [0.1, 0.15) is 0 Å². The third-order valence-corrected chi connectivity index (χ3v) is 3.35. The van der Waals surface area contributed by atoms with Crippen molar-refractivity contribution in [2.75, 3.05) is 26.2 Å². The van der Waals surface area contributed by atoms with Crippen LogP contribution in [0.2, 0.25) is 0 Å². The minimum atomic E-state index is 0. The van der Waals surface area contributed by atoms with E-state index in [9.17, 15) is 0 Å². The maximum absolute atomic E-state index is 4.77. The van der Waals surface area contributed by atoms with Crippen LogP contribution in [0.3, 0.4) is 0 Å². The van der Waals surface area contributed by atoms with Crippen molar-refractivity contribution < 1.29 is 0 Å². The van der Waals surface area contributed by atoms with Gasteiger partial charge in [-0.3, -0.25) is 9.67 Å². The van der Waals surface area contributed by atoms with Gasteiger partial charge >= 0.3 is 0 Å². The summed E-state index contributed by atoms with van der Waals surface area (Å²) in [6, 6.07) is 1.96. The lowest BCUT2D eigenvalue weighted by molar-refractivity contribution is 0.448. The molecule has 2 heterocycles. The predicted molar refractivity (Wildman–Crippen MR) is 93.6 cm³/mol. The molecule has 20 heavy (non-hydrogen) atoms. The molecule has 114 valence electrons. The minimum Gasteiger partial charge on any atom is -0.357 e. The summed E-state index contributed by atoms with van der Waals surface area (Å²) in [5, 5.41) is 7.63. The molecule has 1 aromatic heterocycles. The molecule has 0 radical (unpaired) electrons. The molecule has 1 saturated heterocycles. The Morgan fingerprint density at radius 3 is 2.75 bits per heavy atom. The monoisotopic (exact) mass is 391 g/mol. The minimum absolute atomic E-state index is 0. The van der Waals surface area contributed by atoms with Crippen LogP contribution in [-0.2, 0) is 6.54 Å². The van der Waals surface area contributed by atoms with Crippen molar-refractivity contribution in [1.29, 1.82) is 0 Å². The molecule has 0 spiro atoms. The molecule has 1 aromatic rings. The Morgan fingerprint density at radius 2 is 2.15 bits per heavy atom. The molecule has 1 aliphatic heterocycles. The number of aliphatic imine (C=N–C) groups is 1. The van der Waals surface area contributed by atoms with Crippen LogP contribution in [-0.4, -0.2) is 46.8 Å². The Hall–Kier alpha value is -0.790. The maximum Gasteiger partial charge on any atom is 0.193 e. The summed E-state index contributed by atoms with van der Waals surface area (Å²) in [5.74, 6) is 1.57. The van der Waals surface area contributed by atoms with Gasteiger partial charge in [0.15, 0.2) is 5.96 Å². The average Bonchev–Trinajstić information content (AvgIpc) is 3.07. The zero-order chi connectivity index (χ0) is 13.5. The van der Waals surface area contributed by atoms with Crippen LogP contribution in [0, 0.1) is 5.92 Å². The zero-order valence-electron chi connectivity index (χ0n) is 12.5. The van der Waals surface area contributed by atoms with Crippen molar-refractivity contribution in [3.8, 4) is 0 Å². The summed E-state index contributed by atoms with van der Waals surface area (Å²) in [6.45, 7) is 9.33. The van der Waals surface area contributed by atoms with E-state index in [-0.39, 0.29) is 24.0 Å². The highest BCUT2D eigenvalue weighted by Crippen LogP contribution is 2.08. The Labute approximate surface area is 138 Å². The van der Waals surface area contributed by atoms with Crippen molar-refractivity contribution in [2.24, 2.45) is 10.9 Å². The van der Waals surface area contributed by atoms with Gasteiger partial charge in [-0.2, -0.15) is 5.10 Å². The van der Waals surface area contributed by atoms with E-state index < -0.39 is 0 Å². The first-order valence-electron chi connectivity index (χ1n) is 7.30. The summed E-state index contributed by atoms with van der Waals surface area (Å²) in [4.78, 5) is 7.13. The predicted octanol–water partition coefficient (Wildman–Crippen LogP) is 2.20. The van der Waals surface area contributed by atoms with E-state index in [1.165, 1.54) is 12.8 Å². The molecule has 5 nitrogen and oxygen atoms in total. The van der Waals surface area contributed by atoms with E-state index in [0.717, 1.165) is 38.7 Å². The fourth-order valence-corrected chi connectivity index (χ4v) is 2.38. The second-order valence-electron chi connectivity index (χ2n) is 5.22. The highest BCUT2D eigenvalue weighted by Gasteiger charge is 2.15. The molecule has 6 heteroatoms. The van der Waals surface area contributed by atoms with Gasteiger partial charge in [0.2, 0.25) is 0 Å². The van der Waals surface area contributed by atoms with E-state index in [1.807, 2.05) is 23.1 Å². The van der Waals surface area contributed by atoms with Crippen LogP contribution in [0.15, 0.2) is 23.5 Å². The van der Waals surface area contributed by atoms with E-state index in [2.05, 4.69) is 29.2 Å². The van der Waals surface area contributed by atoms with Crippen molar-refractivity contribution in [3.05, 3.63) is 18.5 Å². The smallest absolute Gasteiger partial charge is 0.193 e. The Bertz CT molecular complexity index is 384. The van der Waals surface area contributed by atoms with Crippen LogP contribution in [0.1, 0.15) is 26.7 Å². The van der Waals surface area contributed by atoms with Gasteiger partial charge in [0.25, 0.3) is 0 Å². The summed E-state index contributed by atoms with van der Waals surface area (Å²) in [7, 11) is 0. The van der Waals surface area contributed by atoms with Crippen molar-refractivity contribution >= 4 is 29.9 Å². The highest BCUT2D eigenvalue weighted by molar-refractivity contribution is 14.0. The first kappa shape index (κ1) is 17.3. The molecule has 1 aliphatic rings. The molecule has 1 atom stereocenters. The molecule has 0 aliphatic carbocycles. The Morgan fingerprint density at radius 1 is 1.40 bits per heavy atom. The molecular formula is C14H26IN5. The Kier molecular flexibility index (Phi) is 7.94. The molecule has 1 fully saturated rings. The van der Waals surface area contributed by atoms with E-state index in [0.29, 0.717) is 5.92 Å². The summed E-state index contributed by atoms with van der Waals surface area (Å²) < 4.78 is 1.98. The van der Waals surface area contributed by atoms with Crippen molar-refractivity contribution in [3.63, 3.8) is 0 Å². The number of hydrogen-bond donors (Lipinski definition) is 1. The number of rotatable bonds is 5. The van der Waals surface area contributed by atoms with E-state index >= 15 is 0 Å². The molecule has 0 amide bonds. The van der Waals surface area contributed by atoms with Gasteiger partial charge in [-0.05, 0) is 31.7 Å². The molecule has 0 aromatic carbocycles. The van der Waals surface area contributed by atoms with E-state index in [4.69, 9.17) is 4.99 Å². The number of guanidine groups is 1.